The predicted molar refractivity (Wildman–Crippen MR) is 224 cm³/mol. The number of hydrogen-bond donors (Lipinski definition) is 0. The maximum atomic E-state index is 2.50. The molecule has 8 aromatic carbocycles. The van der Waals surface area contributed by atoms with Gasteiger partial charge in [-0.05, 0) is 93.7 Å². The molecule has 0 saturated carbocycles. The highest BCUT2D eigenvalue weighted by molar-refractivity contribution is 7.25. The molecule has 0 spiro atoms. The molecule has 9 aromatic rings. The molecule has 0 N–H and O–H groups in total. The van der Waals surface area contributed by atoms with E-state index in [0.29, 0.717) is 0 Å². The van der Waals surface area contributed by atoms with Crippen molar-refractivity contribution < 1.29 is 0 Å². The zero-order chi connectivity index (χ0) is 34.2. The average molecular weight is 679 g/mol. The first-order valence-electron chi connectivity index (χ1n) is 17.9. The van der Waals surface area contributed by atoms with Gasteiger partial charge in [-0.25, -0.2) is 0 Å². The third kappa shape index (κ3) is 4.38. The minimum Gasteiger partial charge on any atom is -0.311 e. The molecule has 0 fully saturated rings. The van der Waals surface area contributed by atoms with Gasteiger partial charge in [0.25, 0.3) is 6.71 Å². The van der Waals surface area contributed by atoms with Gasteiger partial charge in [-0.3, -0.25) is 0 Å². The van der Waals surface area contributed by atoms with Gasteiger partial charge >= 0.3 is 0 Å². The number of anilines is 6. The van der Waals surface area contributed by atoms with Crippen LogP contribution >= 0.6 is 11.3 Å². The molecule has 0 amide bonds. The molecule has 52 heavy (non-hydrogen) atoms. The lowest BCUT2D eigenvalue weighted by molar-refractivity contribution is 1.25. The van der Waals surface area contributed by atoms with Crippen LogP contribution < -0.4 is 26.2 Å². The average Bonchev–Trinajstić information content (AvgIpc) is 3.59. The zero-order valence-corrected chi connectivity index (χ0v) is 29.1. The van der Waals surface area contributed by atoms with Crippen molar-refractivity contribution in [3.8, 4) is 22.3 Å². The molecule has 2 aliphatic rings. The van der Waals surface area contributed by atoms with Gasteiger partial charge in [-0.1, -0.05) is 127 Å². The van der Waals surface area contributed by atoms with E-state index in [4.69, 9.17) is 0 Å². The number of hydrogen-bond acceptors (Lipinski definition) is 3. The summed E-state index contributed by atoms with van der Waals surface area (Å²) < 4.78 is 2.67. The fourth-order valence-corrected chi connectivity index (χ4v) is 9.70. The molecule has 0 atom stereocenters. The number of fused-ring (bicyclic) bond motifs is 7. The zero-order valence-electron chi connectivity index (χ0n) is 28.3. The van der Waals surface area contributed by atoms with E-state index in [9.17, 15) is 0 Å². The van der Waals surface area contributed by atoms with Crippen LogP contribution in [0.5, 0.6) is 0 Å². The maximum absolute atomic E-state index is 2.50. The Hall–Kier alpha value is -6.36. The van der Waals surface area contributed by atoms with E-state index >= 15 is 0 Å². The second-order valence-corrected chi connectivity index (χ2v) is 14.8. The summed E-state index contributed by atoms with van der Waals surface area (Å²) in [5.74, 6) is 0. The van der Waals surface area contributed by atoms with Crippen molar-refractivity contribution >= 4 is 88.7 Å². The lowest BCUT2D eigenvalue weighted by Crippen LogP contribution is -2.61. The van der Waals surface area contributed by atoms with E-state index < -0.39 is 0 Å². The summed E-state index contributed by atoms with van der Waals surface area (Å²) in [7, 11) is 0. The SMILES string of the molecule is c1ccc(N2c3ccccc3B3c4cccc(-c5ccc(-c6ccc7sc8ccccc8c7c6)cc5)c4N(c4ccccc4)c4cccc2c43)cc1. The molecule has 2 nitrogen and oxygen atoms in total. The summed E-state index contributed by atoms with van der Waals surface area (Å²) in [6.45, 7) is 0.0868. The molecule has 0 saturated heterocycles. The van der Waals surface area contributed by atoms with Crippen LogP contribution in [0, 0.1) is 0 Å². The van der Waals surface area contributed by atoms with Gasteiger partial charge in [0.2, 0.25) is 0 Å². The monoisotopic (exact) mass is 678 g/mol. The summed E-state index contributed by atoms with van der Waals surface area (Å²) in [5, 5.41) is 2.66. The largest absolute Gasteiger partial charge is 0.311 e. The smallest absolute Gasteiger partial charge is 0.252 e. The minimum atomic E-state index is 0.0868. The Morgan fingerprint density at radius 2 is 0.962 bits per heavy atom. The standard InChI is InChI=1S/C48H31BN2S/c1-3-13-35(14-4-1)50-42-21-9-8-19-40(42)49-41-20-11-18-37(48(41)51(36-15-5-2-6-16-36)44-23-12-22-43(50)47(44)49)33-27-25-32(26-28-33)34-29-30-46-39(31-34)38-17-7-10-24-45(38)52-46/h1-31H. The molecular formula is C48H31BN2S. The Bertz CT molecular complexity index is 2810. The van der Waals surface area contributed by atoms with E-state index in [1.165, 1.54) is 87.3 Å². The maximum Gasteiger partial charge on any atom is 0.252 e. The van der Waals surface area contributed by atoms with Crippen LogP contribution in [-0.4, -0.2) is 6.71 Å². The van der Waals surface area contributed by atoms with Gasteiger partial charge < -0.3 is 9.80 Å². The summed E-state index contributed by atoms with van der Waals surface area (Å²) in [4.78, 5) is 4.94. The van der Waals surface area contributed by atoms with Crippen LogP contribution in [-0.2, 0) is 0 Å². The number of nitrogens with zero attached hydrogens (tertiary/aromatic N) is 2. The number of thiophene rings is 1. The van der Waals surface area contributed by atoms with Crippen LogP contribution in [0.15, 0.2) is 188 Å². The van der Waals surface area contributed by atoms with E-state index in [2.05, 4.69) is 198 Å². The Kier molecular flexibility index (Phi) is 6.55. The van der Waals surface area contributed by atoms with Gasteiger partial charge in [0.05, 0.1) is 0 Å². The molecule has 0 unspecified atom stereocenters. The van der Waals surface area contributed by atoms with Crippen LogP contribution in [0.3, 0.4) is 0 Å². The van der Waals surface area contributed by atoms with Crippen molar-refractivity contribution in [2.75, 3.05) is 9.80 Å². The second-order valence-electron chi connectivity index (χ2n) is 13.7. The third-order valence-electron chi connectivity index (χ3n) is 10.9. The van der Waals surface area contributed by atoms with Crippen molar-refractivity contribution in [1.29, 1.82) is 0 Å². The molecule has 0 radical (unpaired) electrons. The third-order valence-corrected chi connectivity index (χ3v) is 12.0. The van der Waals surface area contributed by atoms with Crippen molar-refractivity contribution in [1.82, 2.24) is 0 Å². The first kappa shape index (κ1) is 29.4. The Morgan fingerprint density at radius 3 is 1.77 bits per heavy atom. The number of benzene rings is 8. The van der Waals surface area contributed by atoms with Crippen molar-refractivity contribution in [2.45, 2.75) is 0 Å². The highest BCUT2D eigenvalue weighted by Crippen LogP contribution is 2.46. The minimum absolute atomic E-state index is 0.0868. The second kappa shape index (κ2) is 11.6. The Morgan fingerprint density at radius 1 is 0.385 bits per heavy atom. The number of rotatable bonds is 4. The Labute approximate surface area is 307 Å². The fraction of sp³-hybridized carbons (Fsp3) is 0. The fourth-order valence-electron chi connectivity index (χ4n) is 8.62. The highest BCUT2D eigenvalue weighted by atomic mass is 32.1. The molecule has 3 heterocycles. The quantitative estimate of drug-likeness (QED) is 0.171. The van der Waals surface area contributed by atoms with Crippen molar-refractivity contribution in [2.24, 2.45) is 0 Å². The summed E-state index contributed by atoms with van der Waals surface area (Å²) in [6, 6.07) is 69.2. The molecular weight excluding hydrogens is 647 g/mol. The van der Waals surface area contributed by atoms with E-state index in [-0.39, 0.29) is 6.71 Å². The first-order chi connectivity index (χ1) is 25.8. The summed E-state index contributed by atoms with van der Waals surface area (Å²) >= 11 is 1.87. The summed E-state index contributed by atoms with van der Waals surface area (Å²) in [6.07, 6.45) is 0. The number of para-hydroxylation sites is 4. The van der Waals surface area contributed by atoms with Gasteiger partial charge in [0.15, 0.2) is 0 Å². The lowest BCUT2D eigenvalue weighted by Gasteiger charge is -2.44. The van der Waals surface area contributed by atoms with E-state index in [0.717, 1.165) is 5.69 Å². The van der Waals surface area contributed by atoms with E-state index in [1.54, 1.807) is 0 Å². The van der Waals surface area contributed by atoms with Crippen LogP contribution in [0.1, 0.15) is 0 Å². The normalized spacial score (nSPS) is 12.9. The highest BCUT2D eigenvalue weighted by Gasteiger charge is 2.43. The molecule has 1 aromatic heterocycles. The van der Waals surface area contributed by atoms with E-state index in [1.807, 2.05) is 11.3 Å². The van der Waals surface area contributed by atoms with Crippen molar-refractivity contribution in [3.63, 3.8) is 0 Å². The van der Waals surface area contributed by atoms with Gasteiger partial charge in [0.1, 0.15) is 0 Å². The molecule has 0 bridgehead atoms. The van der Waals surface area contributed by atoms with Gasteiger partial charge in [-0.2, -0.15) is 0 Å². The molecule has 2 aliphatic heterocycles. The van der Waals surface area contributed by atoms with Crippen LogP contribution in [0.2, 0.25) is 0 Å². The molecule has 4 heteroatoms. The molecule has 242 valence electrons. The van der Waals surface area contributed by atoms with Crippen LogP contribution in [0.4, 0.5) is 34.1 Å². The topological polar surface area (TPSA) is 6.48 Å². The molecule has 0 aliphatic carbocycles. The van der Waals surface area contributed by atoms with Crippen LogP contribution in [0.25, 0.3) is 42.4 Å². The first-order valence-corrected chi connectivity index (χ1v) is 18.7. The van der Waals surface area contributed by atoms with Gasteiger partial charge in [-0.15, -0.1) is 11.3 Å². The predicted octanol–water partition coefficient (Wildman–Crippen LogP) is 11.5. The van der Waals surface area contributed by atoms with Crippen molar-refractivity contribution in [3.05, 3.63) is 188 Å². The van der Waals surface area contributed by atoms with Gasteiger partial charge in [0, 0.05) is 59.9 Å². The lowest BCUT2D eigenvalue weighted by atomic mass is 9.33. The molecule has 11 rings (SSSR count). The summed E-state index contributed by atoms with van der Waals surface area (Å²) in [5.41, 5.74) is 16.1. The Balaban J connectivity index is 1.10.